The topological polar surface area (TPSA) is 96.9 Å². The number of hydrogen-bond donors (Lipinski definition) is 3. The molecule has 2 unspecified atom stereocenters. The smallest absolute Gasteiger partial charge is 0.419 e. The Morgan fingerprint density at radius 2 is 1.78 bits per heavy atom. The molecule has 1 aliphatic rings. The summed E-state index contributed by atoms with van der Waals surface area (Å²) in [6.07, 6.45) is -12.3. The van der Waals surface area contributed by atoms with E-state index in [9.17, 15) is 41.0 Å². The van der Waals surface area contributed by atoms with Crippen molar-refractivity contribution in [1.29, 1.82) is 0 Å². The largest absolute Gasteiger partial charge is 0.457 e. The Balaban J connectivity index is 1.65. The molecule has 1 saturated heterocycles. The molecular weight excluding hydrogens is 510 g/mol. The fourth-order valence-corrected chi connectivity index (χ4v) is 3.66. The monoisotopic (exact) mass is 534 g/mol. The molecule has 2 aromatic carbocycles. The molecule has 1 heterocycles. The number of aliphatic hydroxyl groups excluding tert-OH is 1. The van der Waals surface area contributed by atoms with Crippen molar-refractivity contribution in [2.75, 3.05) is 13.2 Å². The summed E-state index contributed by atoms with van der Waals surface area (Å²) in [5.41, 5.74) is -2.11. The van der Waals surface area contributed by atoms with Crippen molar-refractivity contribution >= 4 is 11.8 Å². The van der Waals surface area contributed by atoms with Gasteiger partial charge in [-0.1, -0.05) is 18.2 Å². The van der Waals surface area contributed by atoms with E-state index in [4.69, 9.17) is 9.47 Å². The maximum Gasteiger partial charge on any atom is 0.419 e. The minimum absolute atomic E-state index is 0.00933. The Morgan fingerprint density at radius 3 is 2.32 bits per heavy atom. The predicted octanol–water partition coefficient (Wildman–Crippen LogP) is 4.39. The second-order valence-corrected chi connectivity index (χ2v) is 8.58. The van der Waals surface area contributed by atoms with Crippen molar-refractivity contribution in [3.05, 3.63) is 59.2 Å². The van der Waals surface area contributed by atoms with E-state index in [2.05, 4.69) is 10.6 Å². The van der Waals surface area contributed by atoms with Crippen LogP contribution in [0, 0.1) is 0 Å². The lowest BCUT2D eigenvalue weighted by Crippen LogP contribution is -2.59. The van der Waals surface area contributed by atoms with Gasteiger partial charge in [-0.3, -0.25) is 9.59 Å². The van der Waals surface area contributed by atoms with Gasteiger partial charge in [-0.25, -0.2) is 0 Å². The molecule has 2 aromatic rings. The lowest BCUT2D eigenvalue weighted by atomic mass is 9.96. The number of carbonyl (C=O) groups is 2. The SMILES string of the molecule is CC(O)c1ccc(Oc2ccc(CNC(=O)C3(NC(=O)CC(F)(F)F)CCOC3)cc2)c(C(F)(F)F)c1. The van der Waals surface area contributed by atoms with E-state index in [1.807, 2.05) is 0 Å². The first-order chi connectivity index (χ1) is 17.2. The fraction of sp³-hybridized carbons (Fsp3) is 0.417. The van der Waals surface area contributed by atoms with Gasteiger partial charge in [0.05, 0.1) is 18.3 Å². The molecule has 7 nitrogen and oxygen atoms in total. The van der Waals surface area contributed by atoms with E-state index in [0.717, 1.165) is 12.1 Å². The number of nitrogens with one attached hydrogen (secondary N) is 2. The molecule has 0 aliphatic carbocycles. The van der Waals surface area contributed by atoms with Crippen molar-refractivity contribution in [2.45, 2.75) is 50.3 Å². The summed E-state index contributed by atoms with van der Waals surface area (Å²) in [6.45, 7) is 1.05. The Kier molecular flexibility index (Phi) is 8.38. The molecule has 202 valence electrons. The molecular formula is C24H24F6N2O5. The lowest BCUT2D eigenvalue weighted by Gasteiger charge is -2.27. The molecule has 0 saturated carbocycles. The van der Waals surface area contributed by atoms with Crippen LogP contribution < -0.4 is 15.4 Å². The van der Waals surface area contributed by atoms with Crippen molar-refractivity contribution in [2.24, 2.45) is 0 Å². The highest BCUT2D eigenvalue weighted by Gasteiger charge is 2.45. The molecule has 37 heavy (non-hydrogen) atoms. The molecule has 0 aromatic heterocycles. The molecule has 1 aliphatic heterocycles. The molecule has 3 N–H and O–H groups in total. The number of hydrogen-bond acceptors (Lipinski definition) is 5. The van der Waals surface area contributed by atoms with Crippen LogP contribution in [0.25, 0.3) is 0 Å². The van der Waals surface area contributed by atoms with Crippen LogP contribution >= 0.6 is 0 Å². The molecule has 1 fully saturated rings. The second kappa shape index (κ2) is 11.0. The number of rotatable bonds is 8. The zero-order chi connectivity index (χ0) is 27.4. The standard InChI is InChI=1S/C24H24F6N2O5/c1-14(33)16-4-7-19(18(10-16)24(28,29)30)37-17-5-2-15(3-6-17)12-31-21(35)22(8-9-36-13-22)32-20(34)11-23(25,26)27/h2-7,10,14,33H,8-9,11-13H2,1H3,(H,31,35)(H,32,34). The highest BCUT2D eigenvalue weighted by atomic mass is 19.4. The molecule has 2 amide bonds. The Bertz CT molecular complexity index is 1110. The summed E-state index contributed by atoms with van der Waals surface area (Å²) in [5.74, 6) is -2.47. The Hall–Kier alpha value is -3.32. The van der Waals surface area contributed by atoms with Crippen LogP contribution in [0.3, 0.4) is 0 Å². The number of alkyl halides is 6. The number of amides is 2. The van der Waals surface area contributed by atoms with Crippen molar-refractivity contribution in [1.82, 2.24) is 10.6 Å². The number of benzene rings is 2. The second-order valence-electron chi connectivity index (χ2n) is 8.58. The van der Waals surface area contributed by atoms with Crippen LogP contribution in [-0.2, 0) is 27.0 Å². The first-order valence-electron chi connectivity index (χ1n) is 11.1. The molecule has 0 bridgehead atoms. The normalized spacial score (nSPS) is 18.8. The summed E-state index contributed by atoms with van der Waals surface area (Å²) >= 11 is 0. The first kappa shape index (κ1) is 28.3. The summed E-state index contributed by atoms with van der Waals surface area (Å²) < 4.78 is 88.4. The fourth-order valence-electron chi connectivity index (χ4n) is 3.66. The van der Waals surface area contributed by atoms with Gasteiger partial charge in [0.15, 0.2) is 0 Å². The Morgan fingerprint density at radius 1 is 1.11 bits per heavy atom. The van der Waals surface area contributed by atoms with Gasteiger partial charge in [-0.05, 0) is 42.3 Å². The third-order valence-electron chi connectivity index (χ3n) is 5.59. The number of ether oxygens (including phenoxy) is 2. The van der Waals surface area contributed by atoms with E-state index in [0.29, 0.717) is 5.56 Å². The third kappa shape index (κ3) is 7.59. The van der Waals surface area contributed by atoms with Crippen LogP contribution in [0.4, 0.5) is 26.3 Å². The molecule has 0 radical (unpaired) electrons. The maximum absolute atomic E-state index is 13.5. The average Bonchev–Trinajstić information content (AvgIpc) is 3.26. The van der Waals surface area contributed by atoms with Crippen molar-refractivity contribution < 1.29 is 50.5 Å². The number of halogens is 6. The van der Waals surface area contributed by atoms with Gasteiger partial charge < -0.3 is 25.2 Å². The van der Waals surface area contributed by atoms with Gasteiger partial charge in [0.1, 0.15) is 23.5 Å². The minimum Gasteiger partial charge on any atom is -0.457 e. The average molecular weight is 534 g/mol. The van der Waals surface area contributed by atoms with Gasteiger partial charge in [0, 0.05) is 19.6 Å². The quantitative estimate of drug-likeness (QED) is 0.437. The van der Waals surface area contributed by atoms with Gasteiger partial charge in [-0.15, -0.1) is 0 Å². The predicted molar refractivity (Wildman–Crippen MR) is 117 cm³/mol. The van der Waals surface area contributed by atoms with Crippen molar-refractivity contribution in [3.63, 3.8) is 0 Å². The molecule has 13 heteroatoms. The zero-order valence-corrected chi connectivity index (χ0v) is 19.5. The minimum atomic E-state index is -4.73. The summed E-state index contributed by atoms with van der Waals surface area (Å²) in [5, 5.41) is 14.2. The van der Waals surface area contributed by atoms with E-state index in [1.165, 1.54) is 37.3 Å². The van der Waals surface area contributed by atoms with E-state index in [-0.39, 0.29) is 37.5 Å². The lowest BCUT2D eigenvalue weighted by molar-refractivity contribution is -0.156. The van der Waals surface area contributed by atoms with Gasteiger partial charge in [0.2, 0.25) is 11.8 Å². The van der Waals surface area contributed by atoms with E-state index >= 15 is 0 Å². The van der Waals surface area contributed by atoms with Crippen LogP contribution in [0.15, 0.2) is 42.5 Å². The maximum atomic E-state index is 13.5. The summed E-state index contributed by atoms with van der Waals surface area (Å²) in [4.78, 5) is 24.5. The summed E-state index contributed by atoms with van der Waals surface area (Å²) in [6, 6.07) is 8.94. The summed E-state index contributed by atoms with van der Waals surface area (Å²) in [7, 11) is 0. The zero-order valence-electron chi connectivity index (χ0n) is 19.5. The van der Waals surface area contributed by atoms with Crippen molar-refractivity contribution in [3.8, 4) is 11.5 Å². The first-order valence-corrected chi connectivity index (χ1v) is 11.1. The van der Waals surface area contributed by atoms with Crippen LogP contribution in [0.1, 0.15) is 42.6 Å². The van der Waals surface area contributed by atoms with E-state index in [1.54, 1.807) is 0 Å². The number of carbonyl (C=O) groups excluding carboxylic acids is 2. The highest BCUT2D eigenvalue weighted by molar-refractivity contribution is 5.92. The molecule has 3 rings (SSSR count). The van der Waals surface area contributed by atoms with Crippen LogP contribution in [0.2, 0.25) is 0 Å². The van der Waals surface area contributed by atoms with Gasteiger partial charge in [0.25, 0.3) is 0 Å². The van der Waals surface area contributed by atoms with Gasteiger partial charge in [-0.2, -0.15) is 26.3 Å². The molecule has 0 spiro atoms. The van der Waals surface area contributed by atoms with Crippen LogP contribution in [0.5, 0.6) is 11.5 Å². The highest BCUT2D eigenvalue weighted by Crippen LogP contribution is 2.39. The van der Waals surface area contributed by atoms with Gasteiger partial charge >= 0.3 is 12.4 Å². The van der Waals surface area contributed by atoms with E-state index < -0.39 is 53.5 Å². The van der Waals surface area contributed by atoms with Crippen LogP contribution in [-0.4, -0.2) is 41.8 Å². The molecule has 2 atom stereocenters. The third-order valence-corrected chi connectivity index (χ3v) is 5.59. The number of aliphatic hydroxyl groups is 1. The Labute approximate surface area is 207 Å².